The highest BCUT2D eigenvalue weighted by Gasteiger charge is 2.55. The van der Waals surface area contributed by atoms with Crippen LogP contribution in [0.5, 0.6) is 0 Å². The summed E-state index contributed by atoms with van der Waals surface area (Å²) >= 11 is 0. The van der Waals surface area contributed by atoms with Crippen molar-refractivity contribution in [3.05, 3.63) is 263 Å². The fraction of sp³-hybridized carbons (Fsp3) is 0.180. The first-order chi connectivity index (χ1) is 31.3. The summed E-state index contributed by atoms with van der Waals surface area (Å²) in [5, 5.41) is 0. The summed E-state index contributed by atoms with van der Waals surface area (Å²) in [4.78, 5) is 5.07. The van der Waals surface area contributed by atoms with Crippen LogP contribution in [0.3, 0.4) is 0 Å². The Labute approximate surface area is 373 Å². The number of benzene rings is 5. The second-order valence-corrected chi connectivity index (χ2v) is 18.1. The van der Waals surface area contributed by atoms with Gasteiger partial charge in [-0.1, -0.05) is 170 Å². The maximum Gasteiger partial charge on any atom is 0.0630 e. The van der Waals surface area contributed by atoms with Gasteiger partial charge < -0.3 is 9.80 Å². The number of rotatable bonds is 8. The number of anilines is 4. The molecule has 0 N–H and O–H groups in total. The second-order valence-electron chi connectivity index (χ2n) is 18.1. The molecule has 0 saturated heterocycles. The van der Waals surface area contributed by atoms with Crippen LogP contribution in [0.2, 0.25) is 0 Å². The average Bonchev–Trinajstić information content (AvgIpc) is 3.86. The standard InChI is InChI=1S/C61H52N2/c1-5-17-43(18-6-1)44-29-34-50(35-30-44)62(51-36-31-45(32-37-51)46-33-40-60-56(41-46)55-26-14-16-28-59(55)63(60)49-23-11-4-12-24-49)52-38-39-54-53-25-13-15-27-57(53)61(58(54)42-52,47-19-7-2-8-20-47)48-21-9-3-10-22-48/h1-5,7-12,14-17,19-21,23-24,26-41,48,56,58,60H,6,13,18,22,25,42H2. The Morgan fingerprint density at radius 3 is 2.11 bits per heavy atom. The fourth-order valence-corrected chi connectivity index (χ4v) is 12.2. The first-order valence-corrected chi connectivity index (χ1v) is 23.2. The normalized spacial score (nSPS) is 25.1. The van der Waals surface area contributed by atoms with Gasteiger partial charge in [0.05, 0.1) is 6.04 Å². The number of allylic oxidation sites excluding steroid dienone is 18. The second kappa shape index (κ2) is 15.8. The van der Waals surface area contributed by atoms with Crippen LogP contribution < -0.4 is 9.80 Å². The molecular formula is C61H52N2. The van der Waals surface area contributed by atoms with E-state index < -0.39 is 0 Å². The molecule has 5 unspecified atom stereocenters. The predicted molar refractivity (Wildman–Crippen MR) is 264 cm³/mol. The van der Waals surface area contributed by atoms with E-state index in [9.17, 15) is 0 Å². The molecule has 63 heavy (non-hydrogen) atoms. The minimum atomic E-state index is -0.160. The molecule has 1 heterocycles. The maximum absolute atomic E-state index is 2.56. The zero-order chi connectivity index (χ0) is 41.7. The summed E-state index contributed by atoms with van der Waals surface area (Å²) in [5.41, 5.74) is 18.8. The molecule has 7 aliphatic rings. The van der Waals surface area contributed by atoms with E-state index in [0.717, 1.165) is 38.5 Å². The molecule has 6 aliphatic carbocycles. The third-order valence-corrected chi connectivity index (χ3v) is 14.9. The number of nitrogens with zero attached hydrogens (tertiary/aromatic N) is 2. The molecule has 0 fully saturated rings. The summed E-state index contributed by atoms with van der Waals surface area (Å²) < 4.78 is 0. The largest absolute Gasteiger partial charge is 0.333 e. The summed E-state index contributed by atoms with van der Waals surface area (Å²) in [7, 11) is 0. The fourth-order valence-electron chi connectivity index (χ4n) is 12.2. The molecule has 0 radical (unpaired) electrons. The van der Waals surface area contributed by atoms with Gasteiger partial charge in [-0.2, -0.15) is 0 Å². The summed E-state index contributed by atoms with van der Waals surface area (Å²) in [6.45, 7) is 0. The van der Waals surface area contributed by atoms with Gasteiger partial charge in [0.15, 0.2) is 0 Å². The van der Waals surface area contributed by atoms with Crippen molar-refractivity contribution in [2.45, 2.75) is 55.9 Å². The molecule has 0 saturated carbocycles. The predicted octanol–water partition coefficient (Wildman–Crippen LogP) is 15.4. The Kier molecular flexibility index (Phi) is 9.47. The highest BCUT2D eigenvalue weighted by Crippen LogP contribution is 2.63. The van der Waals surface area contributed by atoms with Crippen molar-refractivity contribution >= 4 is 33.9 Å². The molecule has 306 valence electrons. The highest BCUT2D eigenvalue weighted by molar-refractivity contribution is 5.84. The third kappa shape index (κ3) is 6.29. The molecule has 2 nitrogen and oxygen atoms in total. The molecular weight excluding hydrogens is 761 g/mol. The molecule has 5 aromatic carbocycles. The van der Waals surface area contributed by atoms with Crippen LogP contribution in [-0.4, -0.2) is 6.04 Å². The quantitative estimate of drug-likeness (QED) is 0.154. The molecule has 12 rings (SSSR count). The van der Waals surface area contributed by atoms with Crippen LogP contribution in [-0.2, 0) is 5.41 Å². The van der Waals surface area contributed by atoms with Gasteiger partial charge in [0.1, 0.15) is 0 Å². The Hall–Kier alpha value is -6.90. The zero-order valence-corrected chi connectivity index (χ0v) is 35.7. The van der Waals surface area contributed by atoms with Gasteiger partial charge in [-0.05, 0) is 143 Å². The lowest BCUT2D eigenvalue weighted by atomic mass is 9.57. The molecule has 5 atom stereocenters. The third-order valence-electron chi connectivity index (χ3n) is 14.9. The molecule has 0 spiro atoms. The van der Waals surface area contributed by atoms with Crippen molar-refractivity contribution in [3.63, 3.8) is 0 Å². The Morgan fingerprint density at radius 2 is 1.35 bits per heavy atom. The van der Waals surface area contributed by atoms with E-state index in [0.29, 0.717) is 11.8 Å². The highest BCUT2D eigenvalue weighted by atomic mass is 15.2. The van der Waals surface area contributed by atoms with Gasteiger partial charge in [-0.25, -0.2) is 0 Å². The van der Waals surface area contributed by atoms with Crippen LogP contribution >= 0.6 is 0 Å². The summed E-state index contributed by atoms with van der Waals surface area (Å²) in [6.07, 6.45) is 39.7. The van der Waals surface area contributed by atoms with E-state index >= 15 is 0 Å². The molecule has 0 bridgehead atoms. The molecule has 0 aromatic heterocycles. The van der Waals surface area contributed by atoms with Crippen LogP contribution in [0, 0.1) is 11.8 Å². The van der Waals surface area contributed by atoms with Crippen molar-refractivity contribution in [2.24, 2.45) is 11.8 Å². The smallest absolute Gasteiger partial charge is 0.0630 e. The molecule has 1 aliphatic heterocycles. The van der Waals surface area contributed by atoms with E-state index in [-0.39, 0.29) is 17.4 Å². The van der Waals surface area contributed by atoms with Gasteiger partial charge in [0, 0.05) is 45.7 Å². The molecule has 0 amide bonds. The number of hydrogen-bond donors (Lipinski definition) is 0. The lowest BCUT2D eigenvalue weighted by Gasteiger charge is -2.46. The monoisotopic (exact) mass is 812 g/mol. The van der Waals surface area contributed by atoms with Crippen molar-refractivity contribution < 1.29 is 0 Å². The van der Waals surface area contributed by atoms with Gasteiger partial charge >= 0.3 is 0 Å². The van der Waals surface area contributed by atoms with E-state index in [2.05, 4.69) is 228 Å². The van der Waals surface area contributed by atoms with Gasteiger partial charge in [-0.15, -0.1) is 0 Å². The minimum Gasteiger partial charge on any atom is -0.333 e. The van der Waals surface area contributed by atoms with Crippen molar-refractivity contribution in [3.8, 4) is 0 Å². The number of hydrogen-bond acceptors (Lipinski definition) is 2. The lowest BCUT2D eigenvalue weighted by Crippen LogP contribution is -2.42. The minimum absolute atomic E-state index is 0.160. The lowest BCUT2D eigenvalue weighted by molar-refractivity contribution is 0.291. The SMILES string of the molecule is C1=CCCC(c2ccc(N(C3=CC=C4C5=C(C=CCC5)C(c5ccccc5)(C5C=CC=CC5)C4C3)c3ccc(C4=CC5c6ccccc6N(c6ccccc6)C5C=C4)cc3)cc2)=C1. The van der Waals surface area contributed by atoms with Gasteiger partial charge in [0.25, 0.3) is 0 Å². The van der Waals surface area contributed by atoms with Gasteiger partial charge in [0.2, 0.25) is 0 Å². The Morgan fingerprint density at radius 1 is 0.603 bits per heavy atom. The zero-order valence-electron chi connectivity index (χ0n) is 35.7. The van der Waals surface area contributed by atoms with E-state index in [4.69, 9.17) is 0 Å². The van der Waals surface area contributed by atoms with Gasteiger partial charge in [-0.3, -0.25) is 0 Å². The number of fused-ring (bicyclic) bond motifs is 5. The maximum atomic E-state index is 2.56. The molecule has 5 aromatic rings. The molecule has 2 heteroatoms. The van der Waals surface area contributed by atoms with Crippen LogP contribution in [0.1, 0.15) is 66.7 Å². The average molecular weight is 813 g/mol. The van der Waals surface area contributed by atoms with Crippen LogP contribution in [0.4, 0.5) is 22.7 Å². The van der Waals surface area contributed by atoms with Crippen molar-refractivity contribution in [1.82, 2.24) is 0 Å². The van der Waals surface area contributed by atoms with Crippen LogP contribution in [0.25, 0.3) is 11.1 Å². The topological polar surface area (TPSA) is 6.48 Å². The Bertz CT molecular complexity index is 2890. The summed E-state index contributed by atoms with van der Waals surface area (Å²) in [5.74, 6) is 0.948. The Balaban J connectivity index is 0.936. The van der Waals surface area contributed by atoms with Crippen LogP contribution in [0.15, 0.2) is 241 Å². The summed E-state index contributed by atoms with van der Waals surface area (Å²) in [6, 6.07) is 50.3. The van der Waals surface area contributed by atoms with E-state index in [1.165, 1.54) is 61.8 Å². The van der Waals surface area contributed by atoms with Crippen molar-refractivity contribution in [2.75, 3.05) is 9.80 Å². The number of para-hydroxylation sites is 2. The van der Waals surface area contributed by atoms with E-state index in [1.54, 1.807) is 16.7 Å². The first kappa shape index (κ1) is 37.8. The van der Waals surface area contributed by atoms with Crippen molar-refractivity contribution in [1.29, 1.82) is 0 Å². The first-order valence-electron chi connectivity index (χ1n) is 23.2. The van der Waals surface area contributed by atoms with E-state index in [1.807, 2.05) is 0 Å².